The van der Waals surface area contributed by atoms with E-state index in [1.54, 1.807) is 11.3 Å². The molecular weight excluding hydrogens is 236 g/mol. The van der Waals surface area contributed by atoms with Gasteiger partial charge in [0.1, 0.15) is 0 Å². The van der Waals surface area contributed by atoms with E-state index in [-0.39, 0.29) is 6.42 Å². The first-order chi connectivity index (χ1) is 8.11. The molecule has 1 aromatic heterocycles. The molecule has 0 radical (unpaired) electrons. The lowest BCUT2D eigenvalue weighted by Crippen LogP contribution is -2.20. The van der Waals surface area contributed by atoms with Crippen molar-refractivity contribution >= 4 is 17.3 Å². The van der Waals surface area contributed by atoms with E-state index in [9.17, 15) is 4.79 Å². The number of thiazole rings is 1. The van der Waals surface area contributed by atoms with Gasteiger partial charge in [-0.1, -0.05) is 6.92 Å². The fourth-order valence-electron chi connectivity index (χ4n) is 1.61. The van der Waals surface area contributed by atoms with Crippen LogP contribution in [0.5, 0.6) is 0 Å². The van der Waals surface area contributed by atoms with Gasteiger partial charge in [-0.15, -0.1) is 11.3 Å². The highest BCUT2D eigenvalue weighted by Crippen LogP contribution is 2.13. The number of aryl methyl sites for hydroxylation is 1. The molecule has 5 heteroatoms. The largest absolute Gasteiger partial charge is 0.481 e. The third-order valence-corrected chi connectivity index (χ3v) is 3.38. The Morgan fingerprint density at radius 1 is 1.59 bits per heavy atom. The first-order valence-corrected chi connectivity index (χ1v) is 6.83. The average Bonchev–Trinajstić information content (AvgIpc) is 2.65. The maximum absolute atomic E-state index is 10.4. The molecule has 0 aliphatic rings. The predicted octanol–water partition coefficient (Wildman–Crippen LogP) is 2.39. The highest BCUT2D eigenvalue weighted by atomic mass is 32.1. The highest BCUT2D eigenvalue weighted by Gasteiger charge is 2.05. The van der Waals surface area contributed by atoms with Crippen LogP contribution >= 0.6 is 11.3 Å². The quantitative estimate of drug-likeness (QED) is 0.776. The van der Waals surface area contributed by atoms with E-state index in [0.29, 0.717) is 6.42 Å². The van der Waals surface area contributed by atoms with Gasteiger partial charge < -0.3 is 10.0 Å². The molecule has 0 amide bonds. The molecule has 0 aliphatic heterocycles. The normalized spacial score (nSPS) is 11.0. The van der Waals surface area contributed by atoms with Crippen molar-refractivity contribution in [2.45, 2.75) is 39.2 Å². The molecule has 0 saturated carbocycles. The predicted molar refractivity (Wildman–Crippen MR) is 69.3 cm³/mol. The van der Waals surface area contributed by atoms with Crippen LogP contribution < -0.4 is 0 Å². The van der Waals surface area contributed by atoms with Crippen LogP contribution in [0.25, 0.3) is 0 Å². The van der Waals surface area contributed by atoms with Crippen molar-refractivity contribution in [1.82, 2.24) is 9.88 Å². The van der Waals surface area contributed by atoms with Gasteiger partial charge in [0.05, 0.1) is 10.7 Å². The summed E-state index contributed by atoms with van der Waals surface area (Å²) in [7, 11) is 2.00. The number of hydrogen-bond donors (Lipinski definition) is 1. The SMILES string of the molecule is CCCc1nc(CN(C)CCCC(=O)O)cs1. The molecule has 0 aromatic carbocycles. The van der Waals surface area contributed by atoms with Gasteiger partial charge in [0.25, 0.3) is 0 Å². The molecule has 0 bridgehead atoms. The Morgan fingerprint density at radius 2 is 2.35 bits per heavy atom. The zero-order chi connectivity index (χ0) is 12.7. The zero-order valence-electron chi connectivity index (χ0n) is 10.5. The summed E-state index contributed by atoms with van der Waals surface area (Å²) in [4.78, 5) is 17.0. The van der Waals surface area contributed by atoms with Crippen LogP contribution in [0.4, 0.5) is 0 Å². The zero-order valence-corrected chi connectivity index (χ0v) is 11.3. The van der Waals surface area contributed by atoms with Crippen molar-refractivity contribution in [2.24, 2.45) is 0 Å². The summed E-state index contributed by atoms with van der Waals surface area (Å²) in [5.41, 5.74) is 1.09. The summed E-state index contributed by atoms with van der Waals surface area (Å²) in [6.45, 7) is 3.76. The lowest BCUT2D eigenvalue weighted by Gasteiger charge is -2.14. The smallest absolute Gasteiger partial charge is 0.303 e. The van der Waals surface area contributed by atoms with Gasteiger partial charge in [-0.25, -0.2) is 4.98 Å². The molecule has 1 N–H and O–H groups in total. The number of carboxylic acids is 1. The van der Waals surface area contributed by atoms with E-state index in [0.717, 1.165) is 31.6 Å². The van der Waals surface area contributed by atoms with E-state index >= 15 is 0 Å². The van der Waals surface area contributed by atoms with E-state index in [1.165, 1.54) is 5.01 Å². The molecule has 17 heavy (non-hydrogen) atoms. The first kappa shape index (κ1) is 14.1. The molecule has 0 fully saturated rings. The lowest BCUT2D eigenvalue weighted by molar-refractivity contribution is -0.137. The van der Waals surface area contributed by atoms with Crippen molar-refractivity contribution in [3.8, 4) is 0 Å². The van der Waals surface area contributed by atoms with Crippen LogP contribution in [0.1, 0.15) is 36.9 Å². The number of rotatable bonds is 8. The van der Waals surface area contributed by atoms with Gasteiger partial charge in [0.15, 0.2) is 0 Å². The van der Waals surface area contributed by atoms with Gasteiger partial charge >= 0.3 is 5.97 Å². The Labute approximate surface area is 106 Å². The Hall–Kier alpha value is -0.940. The molecule has 4 nitrogen and oxygen atoms in total. The van der Waals surface area contributed by atoms with E-state index in [1.807, 2.05) is 7.05 Å². The maximum Gasteiger partial charge on any atom is 0.303 e. The summed E-state index contributed by atoms with van der Waals surface area (Å²) in [6, 6.07) is 0. The van der Waals surface area contributed by atoms with Crippen LogP contribution in [0.15, 0.2) is 5.38 Å². The minimum Gasteiger partial charge on any atom is -0.481 e. The van der Waals surface area contributed by atoms with Crippen molar-refractivity contribution in [2.75, 3.05) is 13.6 Å². The van der Waals surface area contributed by atoms with Gasteiger partial charge in [-0.2, -0.15) is 0 Å². The Kier molecular flexibility index (Phi) is 6.15. The number of carbonyl (C=O) groups is 1. The molecule has 96 valence electrons. The lowest BCUT2D eigenvalue weighted by atomic mass is 10.3. The van der Waals surface area contributed by atoms with Crippen molar-refractivity contribution in [1.29, 1.82) is 0 Å². The topological polar surface area (TPSA) is 53.4 Å². The minimum absolute atomic E-state index is 0.239. The minimum atomic E-state index is -0.725. The van der Waals surface area contributed by atoms with E-state index in [4.69, 9.17) is 5.11 Å². The molecular formula is C12H20N2O2S. The second-order valence-corrected chi connectivity index (χ2v) is 5.16. The summed E-state index contributed by atoms with van der Waals surface area (Å²) in [6.07, 6.45) is 3.11. The Balaban J connectivity index is 2.29. The van der Waals surface area contributed by atoms with Crippen LogP contribution in [-0.4, -0.2) is 34.6 Å². The summed E-state index contributed by atoms with van der Waals surface area (Å²) in [5, 5.41) is 11.8. The second-order valence-electron chi connectivity index (χ2n) is 4.22. The van der Waals surface area contributed by atoms with E-state index in [2.05, 4.69) is 22.2 Å². The van der Waals surface area contributed by atoms with Gasteiger partial charge in [-0.05, 0) is 32.9 Å². The Bertz CT molecular complexity index is 352. The second kappa shape index (κ2) is 7.40. The molecule has 1 rings (SSSR count). The van der Waals surface area contributed by atoms with Crippen molar-refractivity contribution in [3.05, 3.63) is 16.1 Å². The molecule has 1 heterocycles. The highest BCUT2D eigenvalue weighted by molar-refractivity contribution is 7.09. The molecule has 0 aliphatic carbocycles. The van der Waals surface area contributed by atoms with Crippen LogP contribution in [0, 0.1) is 0 Å². The molecule has 0 saturated heterocycles. The summed E-state index contributed by atoms with van der Waals surface area (Å²) in [5.74, 6) is -0.725. The van der Waals surface area contributed by atoms with Crippen LogP contribution in [-0.2, 0) is 17.8 Å². The number of aromatic nitrogens is 1. The number of aliphatic carboxylic acids is 1. The number of carboxylic acid groups (broad SMARTS) is 1. The third-order valence-electron chi connectivity index (χ3n) is 2.43. The fourth-order valence-corrected chi connectivity index (χ4v) is 2.50. The number of hydrogen-bond acceptors (Lipinski definition) is 4. The van der Waals surface area contributed by atoms with Gasteiger partial charge in [0.2, 0.25) is 0 Å². The average molecular weight is 256 g/mol. The van der Waals surface area contributed by atoms with Crippen LogP contribution in [0.3, 0.4) is 0 Å². The Morgan fingerprint density at radius 3 is 3.00 bits per heavy atom. The number of nitrogens with zero attached hydrogens (tertiary/aromatic N) is 2. The first-order valence-electron chi connectivity index (χ1n) is 5.95. The molecule has 0 atom stereocenters. The summed E-state index contributed by atoms with van der Waals surface area (Å²) < 4.78 is 0. The van der Waals surface area contributed by atoms with Gasteiger partial charge in [-0.3, -0.25) is 4.79 Å². The van der Waals surface area contributed by atoms with Gasteiger partial charge in [0, 0.05) is 18.3 Å². The molecule has 0 spiro atoms. The fraction of sp³-hybridized carbons (Fsp3) is 0.667. The monoisotopic (exact) mass is 256 g/mol. The standard InChI is InChI=1S/C12H20N2O2S/c1-3-5-11-13-10(9-17-11)8-14(2)7-4-6-12(15)16/h9H,3-8H2,1-2H3,(H,15,16). The van der Waals surface area contributed by atoms with Crippen molar-refractivity contribution < 1.29 is 9.90 Å². The van der Waals surface area contributed by atoms with Crippen molar-refractivity contribution in [3.63, 3.8) is 0 Å². The molecule has 1 aromatic rings. The third kappa shape index (κ3) is 5.79. The van der Waals surface area contributed by atoms with Crippen LogP contribution in [0.2, 0.25) is 0 Å². The summed E-state index contributed by atoms with van der Waals surface area (Å²) >= 11 is 1.71. The van der Waals surface area contributed by atoms with E-state index < -0.39 is 5.97 Å². The molecule has 0 unspecified atom stereocenters. The maximum atomic E-state index is 10.4.